The van der Waals surface area contributed by atoms with Gasteiger partial charge in [-0.15, -0.1) is 11.8 Å². The van der Waals surface area contributed by atoms with Crippen LogP contribution in [0.3, 0.4) is 0 Å². The summed E-state index contributed by atoms with van der Waals surface area (Å²) >= 11 is 7.90. The predicted molar refractivity (Wildman–Crippen MR) is 124 cm³/mol. The van der Waals surface area contributed by atoms with Crippen LogP contribution in [0.1, 0.15) is 25.8 Å². The molecule has 0 atom stereocenters. The highest BCUT2D eigenvalue weighted by atomic mass is 35.5. The lowest BCUT2D eigenvalue weighted by Crippen LogP contribution is -2.43. The summed E-state index contributed by atoms with van der Waals surface area (Å²) in [6.45, 7) is 3.94. The van der Waals surface area contributed by atoms with Gasteiger partial charge in [0.2, 0.25) is 0 Å². The molecule has 13 heteroatoms. The van der Waals surface area contributed by atoms with Gasteiger partial charge in [0.1, 0.15) is 5.54 Å². The van der Waals surface area contributed by atoms with E-state index >= 15 is 0 Å². The fourth-order valence-corrected chi connectivity index (χ4v) is 4.18. The van der Waals surface area contributed by atoms with E-state index in [9.17, 15) is 22.8 Å². The van der Waals surface area contributed by atoms with Crippen molar-refractivity contribution in [3.05, 3.63) is 53.3 Å². The number of halogens is 4. The molecular weight excluding hydrogens is 511 g/mol. The molecule has 0 aliphatic carbocycles. The highest BCUT2D eigenvalue weighted by Gasteiger charge is 2.51. The highest BCUT2D eigenvalue weighted by Crippen LogP contribution is 2.37. The number of aliphatic hydroxyl groups excluding tert-OH is 1. The lowest BCUT2D eigenvalue weighted by molar-refractivity contribution is -0.192. The summed E-state index contributed by atoms with van der Waals surface area (Å²) in [5.74, 6) is -2.31. The summed E-state index contributed by atoms with van der Waals surface area (Å²) in [5, 5.41) is 16.5. The number of rotatable bonds is 7. The summed E-state index contributed by atoms with van der Waals surface area (Å²) in [6.07, 6.45) is -1.09. The van der Waals surface area contributed by atoms with Crippen molar-refractivity contribution in [1.82, 2.24) is 9.88 Å². The largest absolute Gasteiger partial charge is 0.490 e. The molecule has 0 unspecified atom stereocenters. The molecule has 35 heavy (non-hydrogen) atoms. The van der Waals surface area contributed by atoms with Gasteiger partial charge in [-0.25, -0.2) is 14.5 Å². The van der Waals surface area contributed by atoms with Crippen molar-refractivity contribution in [2.75, 3.05) is 17.3 Å². The van der Waals surface area contributed by atoms with Crippen LogP contribution in [-0.2, 0) is 16.1 Å². The van der Waals surface area contributed by atoms with E-state index in [0.29, 0.717) is 23.7 Å². The molecule has 190 valence electrons. The fraction of sp³-hybridized carbons (Fsp3) is 0.364. The first-order chi connectivity index (χ1) is 16.3. The third-order valence-corrected chi connectivity index (χ3v) is 6.47. The first kappa shape index (κ1) is 28.4. The van der Waals surface area contributed by atoms with Crippen LogP contribution in [0, 0.1) is 0 Å². The number of hydrogen-bond donors (Lipinski definition) is 2. The Morgan fingerprint density at radius 2 is 1.77 bits per heavy atom. The number of hydrogen-bond acceptors (Lipinski definition) is 6. The maximum absolute atomic E-state index is 13.1. The molecule has 8 nitrogen and oxygen atoms in total. The van der Waals surface area contributed by atoms with Crippen LogP contribution in [0.4, 0.5) is 23.7 Å². The van der Waals surface area contributed by atoms with Gasteiger partial charge in [-0.1, -0.05) is 11.6 Å². The highest BCUT2D eigenvalue weighted by molar-refractivity contribution is 7.99. The van der Waals surface area contributed by atoms with Crippen LogP contribution in [-0.4, -0.2) is 62.1 Å². The third-order valence-electron chi connectivity index (χ3n) is 4.89. The Morgan fingerprint density at radius 1 is 1.17 bits per heavy atom. The Balaban J connectivity index is 0.000000540. The van der Waals surface area contributed by atoms with Crippen LogP contribution in [0.25, 0.3) is 0 Å². The molecule has 2 heterocycles. The molecule has 0 saturated carbocycles. The molecule has 1 aromatic heterocycles. The number of carboxylic acids is 1. The number of imide groups is 1. The van der Waals surface area contributed by atoms with E-state index in [1.54, 1.807) is 49.3 Å². The number of aliphatic carboxylic acids is 1. The normalized spacial score (nSPS) is 15.2. The van der Waals surface area contributed by atoms with Crippen LogP contribution in [0.2, 0.25) is 5.02 Å². The van der Waals surface area contributed by atoms with Crippen molar-refractivity contribution >= 4 is 47.0 Å². The first-order valence-electron chi connectivity index (χ1n) is 10.2. The quantitative estimate of drug-likeness (QED) is 0.304. The lowest BCUT2D eigenvalue weighted by Gasteiger charge is -2.27. The van der Waals surface area contributed by atoms with Crippen molar-refractivity contribution in [1.29, 1.82) is 0 Å². The molecule has 2 N–H and O–H groups in total. The molecule has 2 aromatic rings. The van der Waals surface area contributed by atoms with E-state index in [1.165, 1.54) is 16.7 Å². The van der Waals surface area contributed by atoms with E-state index in [2.05, 4.69) is 4.98 Å². The Morgan fingerprint density at radius 3 is 2.29 bits per heavy atom. The summed E-state index contributed by atoms with van der Waals surface area (Å²) in [6, 6.07) is 8.46. The van der Waals surface area contributed by atoms with Gasteiger partial charge in [0.25, 0.3) is 5.91 Å². The smallest absolute Gasteiger partial charge is 0.475 e. The van der Waals surface area contributed by atoms with Crippen molar-refractivity contribution in [2.45, 2.75) is 43.4 Å². The van der Waals surface area contributed by atoms with Crippen molar-refractivity contribution in [3.63, 3.8) is 0 Å². The molecule has 0 spiro atoms. The van der Waals surface area contributed by atoms with E-state index < -0.39 is 17.7 Å². The summed E-state index contributed by atoms with van der Waals surface area (Å²) in [4.78, 5) is 42.6. The summed E-state index contributed by atoms with van der Waals surface area (Å²) in [7, 11) is 0. The summed E-state index contributed by atoms with van der Waals surface area (Å²) < 4.78 is 31.7. The van der Waals surface area contributed by atoms with E-state index in [0.717, 1.165) is 16.2 Å². The lowest BCUT2D eigenvalue weighted by atomic mass is 10.0. The van der Waals surface area contributed by atoms with Crippen LogP contribution in [0.5, 0.6) is 0 Å². The van der Waals surface area contributed by atoms with Gasteiger partial charge in [-0.05, 0) is 56.2 Å². The van der Waals surface area contributed by atoms with E-state index in [-0.39, 0.29) is 18.5 Å². The molecule has 1 fully saturated rings. The van der Waals surface area contributed by atoms with Crippen molar-refractivity contribution in [3.8, 4) is 0 Å². The maximum atomic E-state index is 13.1. The molecular formula is C22H23ClF3N3O5S. The minimum absolute atomic E-state index is 0.127. The van der Waals surface area contributed by atoms with Crippen molar-refractivity contribution < 1.29 is 37.8 Å². The third kappa shape index (κ3) is 7.09. The summed E-state index contributed by atoms with van der Waals surface area (Å²) in [5.41, 5.74) is 0.387. The second-order valence-corrected chi connectivity index (χ2v) is 9.31. The minimum atomic E-state index is -5.08. The molecule has 1 aromatic carbocycles. The van der Waals surface area contributed by atoms with E-state index in [4.69, 9.17) is 26.6 Å². The molecule has 1 aliphatic rings. The van der Waals surface area contributed by atoms with Gasteiger partial charge < -0.3 is 15.1 Å². The molecule has 3 rings (SSSR count). The molecule has 1 saturated heterocycles. The first-order valence-corrected chi connectivity index (χ1v) is 11.6. The molecule has 0 bridgehead atoms. The Hall–Kier alpha value is -2.83. The predicted octanol–water partition coefficient (Wildman–Crippen LogP) is 4.59. The van der Waals surface area contributed by atoms with Crippen molar-refractivity contribution in [2.24, 2.45) is 0 Å². The molecule has 3 amide bonds. The van der Waals surface area contributed by atoms with Gasteiger partial charge in [0.15, 0.2) is 0 Å². The van der Waals surface area contributed by atoms with E-state index in [1.807, 2.05) is 12.1 Å². The number of nitrogens with zero attached hydrogens (tertiary/aromatic N) is 3. The Bertz CT molecular complexity index is 1070. The van der Waals surface area contributed by atoms with Gasteiger partial charge in [0, 0.05) is 36.2 Å². The number of carbonyl (C=O) groups excluding carboxylic acids is 2. The van der Waals surface area contributed by atoms with Crippen LogP contribution in [0.15, 0.2) is 47.6 Å². The average molecular weight is 534 g/mol. The van der Waals surface area contributed by atoms with Gasteiger partial charge in [-0.3, -0.25) is 9.78 Å². The van der Waals surface area contributed by atoms with Crippen LogP contribution >= 0.6 is 23.4 Å². The van der Waals surface area contributed by atoms with Gasteiger partial charge in [-0.2, -0.15) is 13.2 Å². The van der Waals surface area contributed by atoms with Crippen LogP contribution < -0.4 is 4.90 Å². The topological polar surface area (TPSA) is 111 Å². The number of benzene rings is 1. The SMILES string of the molecule is CC1(C)C(=O)N(c2ccc(SCCCO)c(Cl)c2)C(=O)N1Cc1ccncc1.O=C(O)C(F)(F)F. The number of carboxylic acid groups (broad SMARTS) is 1. The fourth-order valence-electron chi connectivity index (χ4n) is 2.99. The average Bonchev–Trinajstić information content (AvgIpc) is 2.95. The number of carbonyl (C=O) groups is 3. The maximum Gasteiger partial charge on any atom is 0.490 e. The van der Waals surface area contributed by atoms with Gasteiger partial charge in [0.05, 0.1) is 10.7 Å². The number of urea groups is 1. The zero-order valence-electron chi connectivity index (χ0n) is 18.8. The number of alkyl halides is 3. The minimum Gasteiger partial charge on any atom is -0.475 e. The molecule has 0 radical (unpaired) electrons. The second-order valence-electron chi connectivity index (χ2n) is 7.77. The second kappa shape index (κ2) is 11.7. The molecule has 1 aliphatic heterocycles. The Kier molecular flexibility index (Phi) is 9.52. The van der Waals surface area contributed by atoms with Gasteiger partial charge >= 0.3 is 18.2 Å². The number of amides is 3. The number of aliphatic hydroxyl groups is 1. The standard InChI is InChI=1S/C20H22ClN3O3S.C2HF3O2/c1-20(2)18(26)24(19(27)23(20)13-14-6-8-22-9-7-14)15-4-5-17(16(21)12-15)28-11-3-10-25;3-2(4,5)1(6)7/h4-9,12,25H,3,10-11,13H2,1-2H3;(H,6,7). The number of anilines is 1. The number of aromatic nitrogens is 1. The number of pyridine rings is 1. The zero-order chi connectivity index (χ0) is 26.4. The number of thioether (sulfide) groups is 1. The zero-order valence-corrected chi connectivity index (χ0v) is 20.3. The Labute approximate surface area is 208 Å². The monoisotopic (exact) mass is 533 g/mol.